The van der Waals surface area contributed by atoms with Gasteiger partial charge in [0.05, 0.1) is 6.07 Å². The fourth-order valence-corrected chi connectivity index (χ4v) is 2.04. The van der Waals surface area contributed by atoms with E-state index in [1.807, 2.05) is 42.5 Å². The Morgan fingerprint density at radius 1 is 1.28 bits per heavy atom. The van der Waals surface area contributed by atoms with E-state index in [0.29, 0.717) is 0 Å². The Morgan fingerprint density at radius 2 is 2.00 bits per heavy atom. The summed E-state index contributed by atoms with van der Waals surface area (Å²) in [4.78, 5) is 11.9. The number of hydrogen-bond donors (Lipinski definition) is 0. The number of fused-ring (bicyclic) bond motifs is 1. The molecule has 0 aliphatic heterocycles. The lowest BCUT2D eigenvalue weighted by Gasteiger charge is -2.11. The van der Waals surface area contributed by atoms with E-state index < -0.39 is 5.92 Å². The van der Waals surface area contributed by atoms with Crippen molar-refractivity contribution in [2.75, 3.05) is 13.7 Å². The average molecular weight is 239 g/mol. The van der Waals surface area contributed by atoms with Crippen LogP contribution in [0.15, 0.2) is 42.5 Å². The van der Waals surface area contributed by atoms with Gasteiger partial charge in [0, 0.05) is 7.11 Å². The molecular weight excluding hydrogens is 226 g/mol. The van der Waals surface area contributed by atoms with Gasteiger partial charge >= 0.3 is 0 Å². The SMILES string of the molecule is COCC(=O)C(C#N)c1cccc2ccccc12. The van der Waals surface area contributed by atoms with Gasteiger partial charge < -0.3 is 4.74 Å². The monoisotopic (exact) mass is 239 g/mol. The second-order valence-corrected chi connectivity index (χ2v) is 4.03. The topological polar surface area (TPSA) is 50.1 Å². The molecule has 2 aromatic rings. The number of Topliss-reactive ketones (excluding diaryl/α,β-unsaturated/α-hetero) is 1. The van der Waals surface area contributed by atoms with Crippen LogP contribution in [0.4, 0.5) is 0 Å². The number of hydrogen-bond acceptors (Lipinski definition) is 3. The highest BCUT2D eigenvalue weighted by Crippen LogP contribution is 2.26. The molecule has 0 radical (unpaired) electrons. The van der Waals surface area contributed by atoms with Gasteiger partial charge in [0.2, 0.25) is 0 Å². The first kappa shape index (κ1) is 12.3. The lowest BCUT2D eigenvalue weighted by Crippen LogP contribution is -2.16. The first-order valence-corrected chi connectivity index (χ1v) is 5.67. The number of rotatable bonds is 4. The lowest BCUT2D eigenvalue weighted by atomic mass is 9.91. The molecule has 0 fully saturated rings. The number of carbonyl (C=O) groups excluding carboxylic acids is 1. The molecule has 1 atom stereocenters. The summed E-state index contributed by atoms with van der Waals surface area (Å²) >= 11 is 0. The van der Waals surface area contributed by atoms with E-state index in [4.69, 9.17) is 4.74 Å². The number of ketones is 1. The summed E-state index contributed by atoms with van der Waals surface area (Å²) in [6.07, 6.45) is 0. The molecular formula is C15H13NO2. The highest BCUT2D eigenvalue weighted by atomic mass is 16.5. The quantitative estimate of drug-likeness (QED) is 0.824. The summed E-state index contributed by atoms with van der Waals surface area (Å²) in [7, 11) is 1.45. The molecule has 0 aliphatic carbocycles. The Labute approximate surface area is 106 Å². The summed E-state index contributed by atoms with van der Waals surface area (Å²) in [6.45, 7) is -0.0402. The molecule has 3 heteroatoms. The van der Waals surface area contributed by atoms with E-state index >= 15 is 0 Å². The van der Waals surface area contributed by atoms with Crippen LogP contribution in [0.2, 0.25) is 0 Å². The Hall–Kier alpha value is -2.18. The van der Waals surface area contributed by atoms with E-state index in [1.54, 1.807) is 0 Å². The Bertz CT molecular complexity index is 608. The molecule has 0 amide bonds. The van der Waals surface area contributed by atoms with Gasteiger partial charge in [-0.15, -0.1) is 0 Å². The summed E-state index contributed by atoms with van der Waals surface area (Å²) < 4.78 is 4.82. The largest absolute Gasteiger partial charge is 0.377 e. The van der Waals surface area contributed by atoms with Crippen molar-refractivity contribution in [2.45, 2.75) is 5.92 Å². The third kappa shape index (κ3) is 2.24. The van der Waals surface area contributed by atoms with Crippen LogP contribution in [0.3, 0.4) is 0 Å². The zero-order valence-electron chi connectivity index (χ0n) is 10.1. The maximum Gasteiger partial charge on any atom is 0.179 e. The fraction of sp³-hybridized carbons (Fsp3) is 0.200. The van der Waals surface area contributed by atoms with Gasteiger partial charge in [-0.3, -0.25) is 4.79 Å². The van der Waals surface area contributed by atoms with Crippen molar-refractivity contribution in [2.24, 2.45) is 0 Å². The number of carbonyl (C=O) groups is 1. The van der Waals surface area contributed by atoms with Crippen LogP contribution in [-0.4, -0.2) is 19.5 Å². The van der Waals surface area contributed by atoms with Crippen molar-refractivity contribution in [3.8, 4) is 6.07 Å². The highest BCUT2D eigenvalue weighted by Gasteiger charge is 2.21. The minimum atomic E-state index is -0.768. The minimum Gasteiger partial charge on any atom is -0.377 e. The second kappa shape index (κ2) is 5.44. The maximum absolute atomic E-state index is 11.9. The number of benzene rings is 2. The molecule has 18 heavy (non-hydrogen) atoms. The first-order chi connectivity index (χ1) is 8.77. The lowest BCUT2D eigenvalue weighted by molar-refractivity contribution is -0.122. The molecule has 0 saturated carbocycles. The van der Waals surface area contributed by atoms with Crippen LogP contribution in [-0.2, 0) is 9.53 Å². The minimum absolute atomic E-state index is 0.0402. The molecule has 2 rings (SSSR count). The van der Waals surface area contributed by atoms with Crippen LogP contribution in [0.25, 0.3) is 10.8 Å². The Morgan fingerprint density at radius 3 is 2.72 bits per heavy atom. The van der Waals surface area contributed by atoms with Crippen LogP contribution >= 0.6 is 0 Å². The van der Waals surface area contributed by atoms with Crippen molar-refractivity contribution in [3.05, 3.63) is 48.0 Å². The molecule has 90 valence electrons. The summed E-state index contributed by atoms with van der Waals surface area (Å²) in [6, 6.07) is 15.4. The highest BCUT2D eigenvalue weighted by molar-refractivity contribution is 5.96. The van der Waals surface area contributed by atoms with Gasteiger partial charge in [-0.05, 0) is 16.3 Å². The standard InChI is InChI=1S/C15H13NO2/c1-18-10-15(17)14(9-16)13-8-4-6-11-5-2-3-7-12(11)13/h2-8,14H,10H2,1H3. The van der Waals surface area contributed by atoms with Crippen LogP contribution < -0.4 is 0 Å². The van der Waals surface area contributed by atoms with Gasteiger partial charge in [0.15, 0.2) is 5.78 Å². The number of methoxy groups -OCH3 is 1. The molecule has 0 aliphatic rings. The van der Waals surface area contributed by atoms with E-state index in [2.05, 4.69) is 6.07 Å². The fourth-order valence-electron chi connectivity index (χ4n) is 2.04. The number of ether oxygens (including phenoxy) is 1. The third-order valence-corrected chi connectivity index (χ3v) is 2.87. The van der Waals surface area contributed by atoms with Gasteiger partial charge in [-0.25, -0.2) is 0 Å². The number of nitrogens with zero attached hydrogens (tertiary/aromatic N) is 1. The number of nitriles is 1. The maximum atomic E-state index is 11.9. The molecule has 0 bridgehead atoms. The summed E-state index contributed by atoms with van der Waals surface area (Å²) in [5, 5.41) is 11.2. The molecule has 0 aromatic heterocycles. The van der Waals surface area contributed by atoms with Crippen LogP contribution in [0.1, 0.15) is 11.5 Å². The molecule has 0 spiro atoms. The Kier molecular flexibility index (Phi) is 3.71. The zero-order valence-corrected chi connectivity index (χ0v) is 10.1. The van der Waals surface area contributed by atoms with Crippen molar-refractivity contribution < 1.29 is 9.53 Å². The molecule has 1 unspecified atom stereocenters. The predicted octanol–water partition coefficient (Wildman–Crippen LogP) is 2.66. The first-order valence-electron chi connectivity index (χ1n) is 5.67. The van der Waals surface area contributed by atoms with Gasteiger partial charge in [0.25, 0.3) is 0 Å². The normalized spacial score (nSPS) is 12.0. The van der Waals surface area contributed by atoms with E-state index in [1.165, 1.54) is 7.11 Å². The van der Waals surface area contributed by atoms with Gasteiger partial charge in [-0.1, -0.05) is 42.5 Å². The van der Waals surface area contributed by atoms with Crippen molar-refractivity contribution in [1.29, 1.82) is 5.26 Å². The molecule has 2 aromatic carbocycles. The van der Waals surface area contributed by atoms with E-state index in [9.17, 15) is 10.1 Å². The van der Waals surface area contributed by atoms with Gasteiger partial charge in [0.1, 0.15) is 12.5 Å². The third-order valence-electron chi connectivity index (χ3n) is 2.87. The predicted molar refractivity (Wildman–Crippen MR) is 69.2 cm³/mol. The summed E-state index contributed by atoms with van der Waals surface area (Å²) in [5.74, 6) is -0.979. The Balaban J connectivity index is 2.52. The van der Waals surface area contributed by atoms with Crippen molar-refractivity contribution in [1.82, 2.24) is 0 Å². The molecule has 3 nitrogen and oxygen atoms in total. The second-order valence-electron chi connectivity index (χ2n) is 4.03. The zero-order chi connectivity index (χ0) is 13.0. The summed E-state index contributed by atoms with van der Waals surface area (Å²) in [5.41, 5.74) is 0.748. The van der Waals surface area contributed by atoms with Crippen LogP contribution in [0, 0.1) is 11.3 Å². The van der Waals surface area contributed by atoms with Crippen molar-refractivity contribution >= 4 is 16.6 Å². The molecule has 0 N–H and O–H groups in total. The van der Waals surface area contributed by atoms with Crippen LogP contribution in [0.5, 0.6) is 0 Å². The molecule has 0 saturated heterocycles. The van der Waals surface area contributed by atoms with E-state index in [0.717, 1.165) is 16.3 Å². The van der Waals surface area contributed by atoms with Gasteiger partial charge in [-0.2, -0.15) is 5.26 Å². The van der Waals surface area contributed by atoms with Crippen molar-refractivity contribution in [3.63, 3.8) is 0 Å². The molecule has 0 heterocycles. The average Bonchev–Trinajstić information content (AvgIpc) is 2.40. The van der Waals surface area contributed by atoms with E-state index in [-0.39, 0.29) is 12.4 Å². The smallest absolute Gasteiger partial charge is 0.179 e.